The highest BCUT2D eigenvalue weighted by atomic mass is 16.2. The van der Waals surface area contributed by atoms with Gasteiger partial charge in [0.2, 0.25) is 5.91 Å². The quantitative estimate of drug-likeness (QED) is 0.688. The van der Waals surface area contributed by atoms with Crippen LogP contribution in [0, 0.1) is 6.92 Å². The van der Waals surface area contributed by atoms with Crippen LogP contribution in [0.4, 0.5) is 5.69 Å². The summed E-state index contributed by atoms with van der Waals surface area (Å²) in [5.41, 5.74) is 2.39. The van der Waals surface area contributed by atoms with E-state index >= 15 is 0 Å². The number of anilines is 1. The van der Waals surface area contributed by atoms with Crippen LogP contribution in [0.5, 0.6) is 0 Å². The van der Waals surface area contributed by atoms with Crippen LogP contribution >= 0.6 is 0 Å². The van der Waals surface area contributed by atoms with Crippen LogP contribution in [0.25, 0.3) is 0 Å². The Bertz CT molecular complexity index is 358. The van der Waals surface area contributed by atoms with Crippen LogP contribution in [0.1, 0.15) is 5.56 Å². The highest BCUT2D eigenvalue weighted by molar-refractivity contribution is 5.82. The summed E-state index contributed by atoms with van der Waals surface area (Å²) in [5, 5.41) is 0. The number of nitrogens with zero attached hydrogens (tertiary/aromatic N) is 2. The van der Waals surface area contributed by atoms with Gasteiger partial charge in [-0.15, -0.1) is 0 Å². The molecule has 1 amide bonds. The van der Waals surface area contributed by atoms with Crippen LogP contribution in [-0.2, 0) is 4.79 Å². The zero-order valence-corrected chi connectivity index (χ0v) is 9.23. The molecule has 2 rings (SSSR count). The second-order valence-electron chi connectivity index (χ2n) is 4.07. The Labute approximate surface area is 90.3 Å². The second-order valence-corrected chi connectivity index (χ2v) is 4.07. The number of aryl methyl sites for hydroxylation is 1. The minimum absolute atomic E-state index is 0.196. The molecule has 0 spiro atoms. The number of rotatable bonds is 1. The summed E-state index contributed by atoms with van der Waals surface area (Å²) in [6.45, 7) is 4.30. The average Bonchev–Trinajstić information content (AvgIpc) is 2.23. The number of carbonyl (C=O) groups is 1. The first kappa shape index (κ1) is 10.0. The van der Waals surface area contributed by atoms with E-state index in [1.165, 1.54) is 5.56 Å². The molecule has 15 heavy (non-hydrogen) atoms. The number of hydrogen-bond acceptors (Lipinski definition) is 2. The van der Waals surface area contributed by atoms with Gasteiger partial charge in [0, 0.05) is 25.8 Å². The summed E-state index contributed by atoms with van der Waals surface area (Å²) >= 11 is 0. The van der Waals surface area contributed by atoms with Crippen LogP contribution in [0.15, 0.2) is 24.3 Å². The van der Waals surface area contributed by atoms with E-state index in [-0.39, 0.29) is 5.91 Å². The minimum Gasteiger partial charge on any atom is -0.360 e. The lowest BCUT2D eigenvalue weighted by Crippen LogP contribution is -2.48. The largest absolute Gasteiger partial charge is 0.360 e. The van der Waals surface area contributed by atoms with Gasteiger partial charge >= 0.3 is 0 Å². The highest BCUT2D eigenvalue weighted by Gasteiger charge is 2.20. The van der Waals surface area contributed by atoms with Crippen molar-refractivity contribution in [2.24, 2.45) is 0 Å². The molecule has 1 heterocycles. The van der Waals surface area contributed by atoms with E-state index < -0.39 is 0 Å². The molecule has 80 valence electrons. The van der Waals surface area contributed by atoms with Crippen molar-refractivity contribution in [1.82, 2.24) is 4.90 Å². The van der Waals surface area contributed by atoms with E-state index in [1.807, 2.05) is 7.05 Å². The molecule has 0 aliphatic carbocycles. The van der Waals surface area contributed by atoms with Gasteiger partial charge in [0.25, 0.3) is 0 Å². The van der Waals surface area contributed by atoms with E-state index in [4.69, 9.17) is 0 Å². The van der Waals surface area contributed by atoms with Crippen molar-refractivity contribution in [1.29, 1.82) is 0 Å². The summed E-state index contributed by atoms with van der Waals surface area (Å²) in [4.78, 5) is 15.4. The molecule has 0 bridgehead atoms. The average molecular weight is 204 g/mol. The third-order valence-corrected chi connectivity index (χ3v) is 2.86. The van der Waals surface area contributed by atoms with E-state index in [0.29, 0.717) is 6.54 Å². The van der Waals surface area contributed by atoms with Crippen molar-refractivity contribution >= 4 is 11.6 Å². The van der Waals surface area contributed by atoms with Crippen molar-refractivity contribution in [3.63, 3.8) is 0 Å². The van der Waals surface area contributed by atoms with Gasteiger partial charge in [-0.1, -0.05) is 17.7 Å². The molecule has 0 radical (unpaired) electrons. The van der Waals surface area contributed by atoms with Crippen LogP contribution in [0.3, 0.4) is 0 Å². The number of carbonyl (C=O) groups excluding carboxylic acids is 1. The van der Waals surface area contributed by atoms with Gasteiger partial charge in [-0.2, -0.15) is 0 Å². The Morgan fingerprint density at radius 3 is 2.40 bits per heavy atom. The maximum Gasteiger partial charge on any atom is 0.241 e. The smallest absolute Gasteiger partial charge is 0.241 e. The van der Waals surface area contributed by atoms with E-state index in [0.717, 1.165) is 18.8 Å². The minimum atomic E-state index is 0.196. The van der Waals surface area contributed by atoms with Crippen LogP contribution in [-0.4, -0.2) is 37.5 Å². The molecule has 1 aromatic carbocycles. The molecule has 1 aromatic rings. The fourth-order valence-corrected chi connectivity index (χ4v) is 1.73. The van der Waals surface area contributed by atoms with Crippen molar-refractivity contribution in [2.45, 2.75) is 6.92 Å². The first-order valence-electron chi connectivity index (χ1n) is 5.22. The summed E-state index contributed by atoms with van der Waals surface area (Å²) in [5.74, 6) is 0.196. The van der Waals surface area contributed by atoms with Crippen LogP contribution in [0.2, 0.25) is 0 Å². The Kier molecular flexibility index (Phi) is 2.62. The Morgan fingerprint density at radius 2 is 1.80 bits per heavy atom. The summed E-state index contributed by atoms with van der Waals surface area (Å²) in [6, 6.07) is 8.32. The predicted octanol–water partition coefficient (Wildman–Crippen LogP) is 1.27. The molecule has 0 N–H and O–H groups in total. The lowest BCUT2D eigenvalue weighted by atomic mass is 10.2. The van der Waals surface area contributed by atoms with Gasteiger partial charge in [-0.05, 0) is 19.1 Å². The van der Waals surface area contributed by atoms with E-state index in [1.54, 1.807) is 4.90 Å². The normalized spacial score (nSPS) is 17.1. The van der Waals surface area contributed by atoms with Gasteiger partial charge in [0.05, 0.1) is 6.54 Å². The first-order valence-corrected chi connectivity index (χ1v) is 5.22. The summed E-state index contributed by atoms with van der Waals surface area (Å²) in [7, 11) is 1.86. The first-order chi connectivity index (χ1) is 7.16. The zero-order valence-electron chi connectivity index (χ0n) is 9.23. The van der Waals surface area contributed by atoms with Crippen molar-refractivity contribution in [3.8, 4) is 0 Å². The number of hydrogen-bond donors (Lipinski definition) is 0. The molecular formula is C12H16N2O. The van der Waals surface area contributed by atoms with E-state index in [2.05, 4.69) is 36.1 Å². The van der Waals surface area contributed by atoms with Crippen LogP contribution < -0.4 is 4.90 Å². The summed E-state index contributed by atoms with van der Waals surface area (Å²) < 4.78 is 0. The monoisotopic (exact) mass is 204 g/mol. The molecule has 0 unspecified atom stereocenters. The molecule has 1 saturated heterocycles. The molecule has 1 aliphatic rings. The Hall–Kier alpha value is -1.51. The lowest BCUT2D eigenvalue weighted by Gasteiger charge is -2.33. The van der Waals surface area contributed by atoms with Crippen molar-refractivity contribution < 1.29 is 4.79 Å². The summed E-state index contributed by atoms with van der Waals surface area (Å²) in [6.07, 6.45) is 0. The SMILES string of the molecule is Cc1ccc(N2CCN(C)C(=O)C2)cc1. The molecule has 1 fully saturated rings. The van der Waals surface area contributed by atoms with Gasteiger partial charge in [-0.25, -0.2) is 0 Å². The number of likely N-dealkylation sites (N-methyl/N-ethyl adjacent to an activating group) is 1. The number of piperazine rings is 1. The highest BCUT2D eigenvalue weighted by Crippen LogP contribution is 2.16. The van der Waals surface area contributed by atoms with Gasteiger partial charge < -0.3 is 9.80 Å². The standard InChI is InChI=1S/C12H16N2O/c1-10-3-5-11(6-4-10)14-8-7-13(2)12(15)9-14/h3-6H,7-9H2,1-2H3. The maximum atomic E-state index is 11.5. The Morgan fingerprint density at radius 1 is 1.13 bits per heavy atom. The van der Waals surface area contributed by atoms with Crippen molar-refractivity contribution in [3.05, 3.63) is 29.8 Å². The molecule has 0 atom stereocenters. The van der Waals surface area contributed by atoms with Gasteiger partial charge in [0.15, 0.2) is 0 Å². The number of benzene rings is 1. The molecule has 0 aromatic heterocycles. The predicted molar refractivity (Wildman–Crippen MR) is 61.0 cm³/mol. The zero-order chi connectivity index (χ0) is 10.8. The number of amides is 1. The molecule has 3 nitrogen and oxygen atoms in total. The van der Waals surface area contributed by atoms with Gasteiger partial charge in [-0.3, -0.25) is 4.79 Å². The topological polar surface area (TPSA) is 23.6 Å². The molecule has 1 aliphatic heterocycles. The maximum absolute atomic E-state index is 11.5. The molecule has 3 heteroatoms. The van der Waals surface area contributed by atoms with Gasteiger partial charge in [0.1, 0.15) is 0 Å². The fourth-order valence-electron chi connectivity index (χ4n) is 1.73. The second kappa shape index (κ2) is 3.93. The third-order valence-electron chi connectivity index (χ3n) is 2.86. The van der Waals surface area contributed by atoms with Crippen molar-refractivity contribution in [2.75, 3.05) is 31.6 Å². The van der Waals surface area contributed by atoms with E-state index in [9.17, 15) is 4.79 Å². The lowest BCUT2D eigenvalue weighted by molar-refractivity contribution is -0.129. The fraction of sp³-hybridized carbons (Fsp3) is 0.417. The third kappa shape index (κ3) is 2.12. The molecule has 0 saturated carbocycles. The Balaban J connectivity index is 2.12. The molecular weight excluding hydrogens is 188 g/mol.